The predicted molar refractivity (Wildman–Crippen MR) is 81.6 cm³/mol. The molecule has 1 aromatic rings. The molecule has 1 atom stereocenters. The Kier molecular flexibility index (Phi) is 6.12. The van der Waals surface area contributed by atoms with Crippen molar-refractivity contribution in [1.82, 2.24) is 9.62 Å². The third-order valence-electron chi connectivity index (χ3n) is 2.86. The first-order valence-corrected chi connectivity index (χ1v) is 8.53. The van der Waals surface area contributed by atoms with Gasteiger partial charge in [0.25, 0.3) is 0 Å². The molecule has 0 saturated carbocycles. The molecule has 0 aliphatic carbocycles. The summed E-state index contributed by atoms with van der Waals surface area (Å²) in [6.07, 6.45) is 0. The van der Waals surface area contributed by atoms with Gasteiger partial charge < -0.3 is 4.90 Å². The molecule has 7 heteroatoms. The summed E-state index contributed by atoms with van der Waals surface area (Å²) in [7, 11) is 0.0850. The topological polar surface area (TPSA) is 49.4 Å². The lowest BCUT2D eigenvalue weighted by molar-refractivity contribution is 0.314. The summed E-state index contributed by atoms with van der Waals surface area (Å²) in [6.45, 7) is 4.50. The summed E-state index contributed by atoms with van der Waals surface area (Å²) in [6, 6.07) is 3.32. The Bertz CT molecular complexity index is 561. The third kappa shape index (κ3) is 4.80. The fraction of sp³-hybridized carbons (Fsp3) is 0.538. The summed E-state index contributed by atoms with van der Waals surface area (Å²) in [5.41, 5.74) is 0. The molecule has 0 spiro atoms. The molecule has 0 radical (unpaired) electrons. The third-order valence-corrected chi connectivity index (χ3v) is 5.32. The normalized spacial score (nSPS) is 14.0. The summed E-state index contributed by atoms with van der Waals surface area (Å²) in [4.78, 5) is 1.97. The molecule has 1 N–H and O–H groups in total. The smallest absolute Gasteiger partial charge is 0.241 e. The van der Waals surface area contributed by atoms with Gasteiger partial charge in [-0.2, -0.15) is 0 Å². The lowest BCUT2D eigenvalue weighted by Gasteiger charge is -2.25. The highest BCUT2D eigenvalue weighted by Crippen LogP contribution is 2.23. The number of rotatable bonds is 6. The molecular formula is C13H20BrFN2O2S. The maximum atomic E-state index is 13.0. The zero-order valence-corrected chi connectivity index (χ0v) is 14.4. The van der Waals surface area contributed by atoms with Crippen LogP contribution in [0.4, 0.5) is 4.39 Å². The number of benzene rings is 1. The maximum Gasteiger partial charge on any atom is 0.241 e. The van der Waals surface area contributed by atoms with E-state index in [1.165, 1.54) is 6.07 Å². The van der Waals surface area contributed by atoms with Crippen molar-refractivity contribution in [2.75, 3.05) is 20.6 Å². The lowest BCUT2D eigenvalue weighted by atomic mass is 10.1. The minimum Gasteiger partial charge on any atom is -0.308 e. The van der Waals surface area contributed by atoms with Gasteiger partial charge in [-0.15, -0.1) is 0 Å². The molecule has 0 aromatic heterocycles. The molecule has 0 aliphatic heterocycles. The number of likely N-dealkylation sites (N-methyl/N-ethyl adjacent to an activating group) is 1. The number of halogens is 2. The van der Waals surface area contributed by atoms with Crippen LogP contribution in [0.25, 0.3) is 0 Å². The average molecular weight is 367 g/mol. The largest absolute Gasteiger partial charge is 0.308 e. The summed E-state index contributed by atoms with van der Waals surface area (Å²) < 4.78 is 40.7. The van der Waals surface area contributed by atoms with Gasteiger partial charge in [0.2, 0.25) is 10.0 Å². The van der Waals surface area contributed by atoms with Gasteiger partial charge in [-0.05, 0) is 54.1 Å². The fourth-order valence-electron chi connectivity index (χ4n) is 1.73. The van der Waals surface area contributed by atoms with Crippen molar-refractivity contribution in [3.63, 3.8) is 0 Å². The predicted octanol–water partition coefficient (Wildman–Crippen LogP) is 2.45. The Labute approximate surface area is 128 Å². The second kappa shape index (κ2) is 6.98. The van der Waals surface area contributed by atoms with Gasteiger partial charge in [0, 0.05) is 17.1 Å². The van der Waals surface area contributed by atoms with Crippen LogP contribution in [0.15, 0.2) is 27.6 Å². The van der Waals surface area contributed by atoms with Crippen LogP contribution in [0, 0.1) is 11.7 Å². The lowest BCUT2D eigenvalue weighted by Crippen LogP contribution is -2.44. The second-order valence-corrected chi connectivity index (χ2v) is 7.85. The Morgan fingerprint density at radius 2 is 1.95 bits per heavy atom. The second-order valence-electron chi connectivity index (χ2n) is 5.31. The number of hydrogen-bond acceptors (Lipinski definition) is 3. The monoisotopic (exact) mass is 366 g/mol. The van der Waals surface area contributed by atoms with Gasteiger partial charge in [0.05, 0.1) is 4.90 Å². The van der Waals surface area contributed by atoms with Gasteiger partial charge in [-0.1, -0.05) is 13.8 Å². The molecule has 4 nitrogen and oxygen atoms in total. The van der Waals surface area contributed by atoms with Crippen LogP contribution in [0.5, 0.6) is 0 Å². The van der Waals surface area contributed by atoms with Crippen LogP contribution in [0.3, 0.4) is 0 Å². The van der Waals surface area contributed by atoms with Crippen molar-refractivity contribution in [1.29, 1.82) is 0 Å². The SMILES string of the molecule is CC(C)C(CN(C)C)NS(=O)(=O)c1ccc(F)cc1Br. The number of hydrogen-bond donors (Lipinski definition) is 1. The number of sulfonamides is 1. The van der Waals surface area contributed by atoms with Crippen molar-refractivity contribution in [3.05, 3.63) is 28.5 Å². The zero-order valence-electron chi connectivity index (χ0n) is 12.0. The van der Waals surface area contributed by atoms with Gasteiger partial charge in [-0.25, -0.2) is 17.5 Å². The van der Waals surface area contributed by atoms with Crippen LogP contribution in [-0.4, -0.2) is 40.0 Å². The first-order chi connectivity index (χ1) is 9.13. The molecule has 1 aromatic carbocycles. The van der Waals surface area contributed by atoms with Crippen molar-refractivity contribution in [2.24, 2.45) is 5.92 Å². The summed E-state index contributed by atoms with van der Waals surface area (Å²) in [5.74, 6) is -0.337. The van der Waals surface area contributed by atoms with E-state index in [0.717, 1.165) is 12.1 Å². The highest BCUT2D eigenvalue weighted by Gasteiger charge is 2.24. The van der Waals surface area contributed by atoms with Crippen LogP contribution in [-0.2, 0) is 10.0 Å². The van der Waals surface area contributed by atoms with Crippen LogP contribution < -0.4 is 4.72 Å². The maximum absolute atomic E-state index is 13.0. The molecule has 0 amide bonds. The van der Waals surface area contributed by atoms with E-state index in [9.17, 15) is 12.8 Å². The Hall–Kier alpha value is -0.500. The first kappa shape index (κ1) is 17.6. The van der Waals surface area contributed by atoms with E-state index >= 15 is 0 Å². The van der Waals surface area contributed by atoms with E-state index in [0.29, 0.717) is 6.54 Å². The van der Waals surface area contributed by atoms with Crippen molar-refractivity contribution in [2.45, 2.75) is 24.8 Å². The number of nitrogens with one attached hydrogen (secondary N) is 1. The molecular weight excluding hydrogens is 347 g/mol. The first-order valence-electron chi connectivity index (χ1n) is 6.25. The number of nitrogens with zero attached hydrogens (tertiary/aromatic N) is 1. The molecule has 0 fully saturated rings. The van der Waals surface area contributed by atoms with Crippen molar-refractivity contribution in [3.8, 4) is 0 Å². The van der Waals surface area contributed by atoms with E-state index in [1.54, 1.807) is 0 Å². The quantitative estimate of drug-likeness (QED) is 0.840. The fourth-order valence-corrected chi connectivity index (χ4v) is 4.16. The van der Waals surface area contributed by atoms with Gasteiger partial charge in [0.1, 0.15) is 5.82 Å². The molecule has 0 heterocycles. The Morgan fingerprint density at radius 3 is 2.40 bits per heavy atom. The van der Waals surface area contributed by atoms with Crippen LogP contribution in [0.1, 0.15) is 13.8 Å². The molecule has 114 valence electrons. The molecule has 20 heavy (non-hydrogen) atoms. The zero-order chi connectivity index (χ0) is 15.5. The molecule has 0 saturated heterocycles. The van der Waals surface area contributed by atoms with E-state index in [-0.39, 0.29) is 21.3 Å². The molecule has 0 aliphatic rings. The van der Waals surface area contributed by atoms with Gasteiger partial charge in [0.15, 0.2) is 0 Å². The standard InChI is InChI=1S/C13H20BrFN2O2S/c1-9(2)12(8-17(3)4)16-20(18,19)13-6-5-10(15)7-11(13)14/h5-7,9,12,16H,8H2,1-4H3. The average Bonchev–Trinajstić information content (AvgIpc) is 2.26. The van der Waals surface area contributed by atoms with E-state index in [2.05, 4.69) is 20.7 Å². The van der Waals surface area contributed by atoms with E-state index < -0.39 is 15.8 Å². The molecule has 0 bridgehead atoms. The summed E-state index contributed by atoms with van der Waals surface area (Å²) >= 11 is 3.09. The van der Waals surface area contributed by atoms with Crippen molar-refractivity contribution >= 4 is 26.0 Å². The minimum absolute atomic E-state index is 0.0447. The van der Waals surface area contributed by atoms with Crippen molar-refractivity contribution < 1.29 is 12.8 Å². The summed E-state index contributed by atoms with van der Waals surface area (Å²) in [5, 5.41) is 0. The van der Waals surface area contributed by atoms with Gasteiger partial charge in [-0.3, -0.25) is 0 Å². The molecule has 1 rings (SSSR count). The van der Waals surface area contributed by atoms with E-state index in [4.69, 9.17) is 0 Å². The van der Waals surface area contributed by atoms with E-state index in [1.807, 2.05) is 32.8 Å². The molecule has 1 unspecified atom stereocenters. The van der Waals surface area contributed by atoms with Gasteiger partial charge >= 0.3 is 0 Å². The Balaban J connectivity index is 3.03. The van der Waals surface area contributed by atoms with Crippen LogP contribution >= 0.6 is 15.9 Å². The Morgan fingerprint density at radius 1 is 1.35 bits per heavy atom. The van der Waals surface area contributed by atoms with Crippen LogP contribution in [0.2, 0.25) is 0 Å². The minimum atomic E-state index is -3.69. The highest BCUT2D eigenvalue weighted by atomic mass is 79.9. The highest BCUT2D eigenvalue weighted by molar-refractivity contribution is 9.10.